The number of halogens is 2. The molecule has 1 heterocycles. The van der Waals surface area contributed by atoms with Crippen LogP contribution < -0.4 is 5.32 Å². The van der Waals surface area contributed by atoms with Crippen molar-refractivity contribution in [2.45, 2.75) is 51.0 Å². The zero-order chi connectivity index (χ0) is 12.1. The van der Waals surface area contributed by atoms with E-state index in [2.05, 4.69) is 5.32 Å². The average molecular weight is 246 g/mol. The first-order chi connectivity index (χ1) is 8.25. The summed E-state index contributed by atoms with van der Waals surface area (Å²) in [5, 5.41) is 3.57. The largest absolute Gasteiger partial charge is 0.312 e. The zero-order valence-electron chi connectivity index (χ0n) is 10.5. The van der Waals surface area contributed by atoms with Crippen LogP contribution in [0.5, 0.6) is 0 Å². The van der Waals surface area contributed by atoms with Crippen molar-refractivity contribution in [3.8, 4) is 0 Å². The molecule has 17 heavy (non-hydrogen) atoms. The Balaban J connectivity index is 1.86. The number of nitrogens with one attached hydrogen (secondary N) is 1. The van der Waals surface area contributed by atoms with E-state index in [0.717, 1.165) is 26.1 Å². The monoisotopic (exact) mass is 246 g/mol. The van der Waals surface area contributed by atoms with Gasteiger partial charge in [0.25, 0.3) is 6.43 Å². The number of alkyl halides is 2. The van der Waals surface area contributed by atoms with E-state index in [1.807, 2.05) is 4.90 Å². The highest BCUT2D eigenvalue weighted by molar-refractivity contribution is 4.84. The molecule has 1 unspecified atom stereocenters. The number of rotatable bonds is 3. The maximum absolute atomic E-state index is 12.5. The van der Waals surface area contributed by atoms with Crippen LogP contribution in [0.25, 0.3) is 0 Å². The lowest BCUT2D eigenvalue weighted by Crippen LogP contribution is -2.44. The molecule has 1 N–H and O–H groups in total. The van der Waals surface area contributed by atoms with Crippen molar-refractivity contribution >= 4 is 0 Å². The highest BCUT2D eigenvalue weighted by Crippen LogP contribution is 2.27. The quantitative estimate of drug-likeness (QED) is 0.823. The molecule has 2 rings (SSSR count). The Morgan fingerprint density at radius 3 is 2.59 bits per heavy atom. The van der Waals surface area contributed by atoms with Crippen molar-refractivity contribution in [3.05, 3.63) is 0 Å². The van der Waals surface area contributed by atoms with Gasteiger partial charge in [-0.2, -0.15) is 0 Å². The molecule has 0 bridgehead atoms. The third-order valence-electron chi connectivity index (χ3n) is 4.13. The molecule has 1 aliphatic carbocycles. The Labute approximate surface area is 103 Å². The molecule has 0 aromatic heterocycles. The maximum Gasteiger partial charge on any atom is 0.251 e. The van der Waals surface area contributed by atoms with Gasteiger partial charge in [-0.1, -0.05) is 19.3 Å². The summed E-state index contributed by atoms with van der Waals surface area (Å²) in [5.41, 5.74) is 0. The Kier molecular flexibility index (Phi) is 5.16. The molecule has 2 fully saturated rings. The zero-order valence-corrected chi connectivity index (χ0v) is 10.5. The van der Waals surface area contributed by atoms with Crippen LogP contribution in [0.3, 0.4) is 0 Å². The molecule has 0 spiro atoms. The Bertz CT molecular complexity index is 217. The van der Waals surface area contributed by atoms with Crippen LogP contribution in [0.2, 0.25) is 0 Å². The molecule has 4 heteroatoms. The van der Waals surface area contributed by atoms with Crippen LogP contribution in [-0.2, 0) is 0 Å². The van der Waals surface area contributed by atoms with E-state index in [0.29, 0.717) is 12.0 Å². The fraction of sp³-hybridized carbons (Fsp3) is 1.00. The van der Waals surface area contributed by atoms with E-state index in [4.69, 9.17) is 0 Å². The van der Waals surface area contributed by atoms with Gasteiger partial charge in [0.15, 0.2) is 0 Å². The van der Waals surface area contributed by atoms with E-state index in [-0.39, 0.29) is 6.54 Å². The maximum atomic E-state index is 12.5. The van der Waals surface area contributed by atoms with Gasteiger partial charge < -0.3 is 5.32 Å². The predicted octanol–water partition coefficient (Wildman–Crippen LogP) is 2.50. The molecule has 0 amide bonds. The smallest absolute Gasteiger partial charge is 0.251 e. The van der Waals surface area contributed by atoms with Crippen molar-refractivity contribution in [1.82, 2.24) is 10.2 Å². The van der Waals surface area contributed by atoms with Gasteiger partial charge in [0, 0.05) is 12.6 Å². The van der Waals surface area contributed by atoms with Crippen molar-refractivity contribution in [2.75, 3.05) is 26.2 Å². The minimum absolute atomic E-state index is 0.0507. The lowest BCUT2D eigenvalue weighted by Gasteiger charge is -2.32. The van der Waals surface area contributed by atoms with Crippen LogP contribution in [0.15, 0.2) is 0 Å². The minimum Gasteiger partial charge on any atom is -0.312 e. The summed E-state index contributed by atoms with van der Waals surface area (Å²) in [5.74, 6) is 0.710. The van der Waals surface area contributed by atoms with Gasteiger partial charge in [0.1, 0.15) is 0 Å². The van der Waals surface area contributed by atoms with E-state index in [9.17, 15) is 8.78 Å². The molecule has 1 aliphatic heterocycles. The fourth-order valence-electron chi connectivity index (χ4n) is 3.24. The SMILES string of the molecule is FC(F)CN1CCCNC(C2CCCCC2)C1. The van der Waals surface area contributed by atoms with Gasteiger partial charge in [-0.15, -0.1) is 0 Å². The van der Waals surface area contributed by atoms with Crippen molar-refractivity contribution in [2.24, 2.45) is 5.92 Å². The van der Waals surface area contributed by atoms with Gasteiger partial charge in [0.2, 0.25) is 0 Å². The van der Waals surface area contributed by atoms with Crippen LogP contribution in [0.4, 0.5) is 8.78 Å². The first kappa shape index (κ1) is 13.2. The normalized spacial score (nSPS) is 29.5. The molecule has 0 radical (unpaired) electrons. The summed E-state index contributed by atoms with van der Waals surface area (Å²) in [6.07, 6.45) is 5.34. The van der Waals surface area contributed by atoms with Crippen molar-refractivity contribution < 1.29 is 8.78 Å². The van der Waals surface area contributed by atoms with Crippen molar-refractivity contribution in [1.29, 1.82) is 0 Å². The third kappa shape index (κ3) is 4.18. The summed E-state index contributed by atoms with van der Waals surface area (Å²) in [6, 6.07) is 0.441. The second-order valence-electron chi connectivity index (χ2n) is 5.46. The van der Waals surface area contributed by atoms with Gasteiger partial charge in [-0.3, -0.25) is 4.90 Å². The summed E-state index contributed by atoms with van der Waals surface area (Å²) in [6.45, 7) is 2.57. The minimum atomic E-state index is -2.19. The molecule has 0 aromatic carbocycles. The van der Waals surface area contributed by atoms with Gasteiger partial charge in [-0.25, -0.2) is 8.78 Å². The molecular weight excluding hydrogens is 222 g/mol. The Hall–Kier alpha value is -0.220. The van der Waals surface area contributed by atoms with E-state index < -0.39 is 6.43 Å². The summed E-state index contributed by atoms with van der Waals surface area (Å²) in [4.78, 5) is 1.95. The van der Waals surface area contributed by atoms with Crippen LogP contribution in [0.1, 0.15) is 38.5 Å². The molecular formula is C13H24F2N2. The first-order valence-electron chi connectivity index (χ1n) is 6.99. The van der Waals surface area contributed by atoms with Gasteiger partial charge in [-0.05, 0) is 38.3 Å². The number of hydrogen-bond donors (Lipinski definition) is 1. The Morgan fingerprint density at radius 2 is 1.88 bits per heavy atom. The van der Waals surface area contributed by atoms with Gasteiger partial charge >= 0.3 is 0 Å². The first-order valence-corrected chi connectivity index (χ1v) is 6.99. The van der Waals surface area contributed by atoms with Crippen LogP contribution in [-0.4, -0.2) is 43.5 Å². The molecule has 2 aliphatic rings. The highest BCUT2D eigenvalue weighted by Gasteiger charge is 2.27. The molecule has 2 nitrogen and oxygen atoms in total. The highest BCUT2D eigenvalue weighted by atomic mass is 19.3. The summed E-state index contributed by atoms with van der Waals surface area (Å²) >= 11 is 0. The van der Waals surface area contributed by atoms with E-state index >= 15 is 0 Å². The van der Waals surface area contributed by atoms with E-state index in [1.165, 1.54) is 32.1 Å². The van der Waals surface area contributed by atoms with Crippen LogP contribution >= 0.6 is 0 Å². The van der Waals surface area contributed by atoms with Crippen molar-refractivity contribution in [3.63, 3.8) is 0 Å². The second kappa shape index (κ2) is 6.64. The van der Waals surface area contributed by atoms with Gasteiger partial charge in [0.05, 0.1) is 6.54 Å². The fourth-order valence-corrected chi connectivity index (χ4v) is 3.24. The Morgan fingerprint density at radius 1 is 1.12 bits per heavy atom. The molecule has 0 aromatic rings. The molecule has 100 valence electrons. The number of hydrogen-bond acceptors (Lipinski definition) is 2. The second-order valence-corrected chi connectivity index (χ2v) is 5.46. The number of nitrogens with zero attached hydrogens (tertiary/aromatic N) is 1. The predicted molar refractivity (Wildman–Crippen MR) is 65.4 cm³/mol. The lowest BCUT2D eigenvalue weighted by molar-refractivity contribution is 0.0820. The molecule has 1 atom stereocenters. The molecule has 1 saturated carbocycles. The van der Waals surface area contributed by atoms with Crippen LogP contribution in [0, 0.1) is 5.92 Å². The topological polar surface area (TPSA) is 15.3 Å². The third-order valence-corrected chi connectivity index (χ3v) is 4.13. The summed E-state index contributed by atoms with van der Waals surface area (Å²) < 4.78 is 24.9. The standard InChI is InChI=1S/C13H24F2N2/c14-13(15)10-17-8-4-7-16-12(9-17)11-5-2-1-3-6-11/h11-13,16H,1-10H2. The summed E-state index contributed by atoms with van der Waals surface area (Å²) in [7, 11) is 0. The molecule has 1 saturated heterocycles. The lowest BCUT2D eigenvalue weighted by atomic mass is 9.83. The average Bonchev–Trinajstić information content (AvgIpc) is 2.55. The van der Waals surface area contributed by atoms with E-state index in [1.54, 1.807) is 0 Å².